The summed E-state index contributed by atoms with van der Waals surface area (Å²) in [6, 6.07) is 0. The molecule has 0 spiro atoms. The summed E-state index contributed by atoms with van der Waals surface area (Å²) in [4.78, 5) is 38.3. The van der Waals surface area contributed by atoms with E-state index in [4.69, 9.17) is 14.2 Å². The van der Waals surface area contributed by atoms with Crippen molar-refractivity contribution >= 4 is 17.9 Å². The molecule has 0 bridgehead atoms. The number of hydrogen-bond acceptors (Lipinski definition) is 6. The standard InChI is InChI=1S/C65H116O6/c1-4-7-10-13-16-19-22-25-28-31-32-35-37-40-43-46-49-52-55-58-64(67)70-61-62(71-65(68)59-56-53-50-47-44-41-38-34-30-27-24-21-18-15-12-9-6-3)60-69-63(66)57-54-51-48-45-42-39-36-33-29-26-23-20-17-14-11-8-5-2/h9,12,18,21,26-27,29-30,38,41,62H,4-8,10-11,13-17,19-20,22-25,28,31-37,39-40,42-61H2,1-3H3/b12-9-,21-18-,29-26-,30-27-,41-38-. The van der Waals surface area contributed by atoms with Crippen LogP contribution in [0.3, 0.4) is 0 Å². The van der Waals surface area contributed by atoms with E-state index in [9.17, 15) is 14.4 Å². The SMILES string of the molecule is CC/C=C\C/C=C\C/C=C\C/C=C\CCCCCCC(=O)OC(COC(=O)CCCCCCCCC/C=C\CCCCCCCC)COC(=O)CCCCCCCCCCCCCCCCCCCCC. The summed E-state index contributed by atoms with van der Waals surface area (Å²) in [7, 11) is 0. The van der Waals surface area contributed by atoms with Crippen molar-refractivity contribution in [2.75, 3.05) is 13.2 Å². The number of hydrogen-bond donors (Lipinski definition) is 0. The molecule has 0 aliphatic carbocycles. The Bertz CT molecular complexity index is 1280. The minimum Gasteiger partial charge on any atom is -0.462 e. The molecule has 0 aliphatic rings. The second-order valence-corrected chi connectivity index (χ2v) is 20.6. The molecule has 1 atom stereocenters. The molecule has 0 heterocycles. The Labute approximate surface area is 440 Å². The third kappa shape index (κ3) is 57.9. The molecule has 0 saturated heterocycles. The van der Waals surface area contributed by atoms with Gasteiger partial charge in [0.05, 0.1) is 0 Å². The number of rotatable bonds is 56. The van der Waals surface area contributed by atoms with E-state index in [2.05, 4.69) is 81.5 Å². The molecule has 412 valence electrons. The van der Waals surface area contributed by atoms with Gasteiger partial charge in [-0.1, -0.05) is 274 Å². The average Bonchev–Trinajstić information content (AvgIpc) is 3.37. The smallest absolute Gasteiger partial charge is 0.306 e. The maximum absolute atomic E-state index is 12.9. The van der Waals surface area contributed by atoms with Crippen LogP contribution in [0.4, 0.5) is 0 Å². The highest BCUT2D eigenvalue weighted by Crippen LogP contribution is 2.17. The largest absolute Gasteiger partial charge is 0.462 e. The minimum atomic E-state index is -0.788. The number of allylic oxidation sites excluding steroid dienone is 10. The maximum Gasteiger partial charge on any atom is 0.306 e. The molecule has 6 heteroatoms. The maximum atomic E-state index is 12.9. The first-order chi connectivity index (χ1) is 35.0. The van der Waals surface area contributed by atoms with E-state index in [-0.39, 0.29) is 31.1 Å². The molecule has 0 rings (SSSR count). The van der Waals surface area contributed by atoms with E-state index >= 15 is 0 Å². The number of ether oxygens (including phenoxy) is 3. The van der Waals surface area contributed by atoms with Gasteiger partial charge >= 0.3 is 17.9 Å². The first kappa shape index (κ1) is 68.1. The molecule has 1 unspecified atom stereocenters. The summed E-state index contributed by atoms with van der Waals surface area (Å²) in [5, 5.41) is 0. The Morgan fingerprint density at radius 3 is 0.873 bits per heavy atom. The fourth-order valence-electron chi connectivity index (χ4n) is 8.90. The first-order valence-corrected chi connectivity index (χ1v) is 30.8. The van der Waals surface area contributed by atoms with Crippen molar-refractivity contribution in [1.82, 2.24) is 0 Å². The average molecular weight is 994 g/mol. The molecule has 0 aromatic rings. The Morgan fingerprint density at radius 2 is 0.549 bits per heavy atom. The van der Waals surface area contributed by atoms with Crippen LogP contribution in [-0.4, -0.2) is 37.2 Å². The summed E-state index contributed by atoms with van der Waals surface area (Å²) in [6.07, 6.45) is 75.0. The number of carbonyl (C=O) groups excluding carboxylic acids is 3. The lowest BCUT2D eigenvalue weighted by atomic mass is 10.0. The molecule has 6 nitrogen and oxygen atoms in total. The van der Waals surface area contributed by atoms with Gasteiger partial charge in [-0.15, -0.1) is 0 Å². The molecule has 0 aromatic heterocycles. The van der Waals surface area contributed by atoms with Crippen LogP contribution in [0, 0.1) is 0 Å². The van der Waals surface area contributed by atoms with Crippen LogP contribution in [0.25, 0.3) is 0 Å². The molecular weight excluding hydrogens is 877 g/mol. The lowest BCUT2D eigenvalue weighted by molar-refractivity contribution is -0.167. The summed E-state index contributed by atoms with van der Waals surface area (Å²) in [5.41, 5.74) is 0. The molecule has 0 amide bonds. The van der Waals surface area contributed by atoms with Gasteiger partial charge in [0.15, 0.2) is 6.10 Å². The zero-order valence-corrected chi connectivity index (χ0v) is 47.2. The summed E-state index contributed by atoms with van der Waals surface area (Å²) < 4.78 is 16.9. The van der Waals surface area contributed by atoms with Crippen LogP contribution in [-0.2, 0) is 28.6 Å². The van der Waals surface area contributed by atoms with Crippen molar-refractivity contribution in [3.63, 3.8) is 0 Å². The third-order valence-corrected chi connectivity index (χ3v) is 13.5. The van der Waals surface area contributed by atoms with Gasteiger partial charge in [-0.3, -0.25) is 14.4 Å². The molecular formula is C65H116O6. The van der Waals surface area contributed by atoms with E-state index in [1.54, 1.807) is 0 Å². The van der Waals surface area contributed by atoms with Crippen LogP contribution in [0.5, 0.6) is 0 Å². The van der Waals surface area contributed by atoms with Gasteiger partial charge in [-0.2, -0.15) is 0 Å². The predicted molar refractivity (Wildman–Crippen MR) is 307 cm³/mol. The van der Waals surface area contributed by atoms with Gasteiger partial charge in [0.25, 0.3) is 0 Å². The van der Waals surface area contributed by atoms with E-state index in [0.29, 0.717) is 19.3 Å². The minimum absolute atomic E-state index is 0.0826. The molecule has 0 saturated carbocycles. The lowest BCUT2D eigenvalue weighted by Crippen LogP contribution is -2.30. The third-order valence-electron chi connectivity index (χ3n) is 13.5. The quantitative estimate of drug-likeness (QED) is 0.0261. The van der Waals surface area contributed by atoms with E-state index < -0.39 is 6.10 Å². The zero-order chi connectivity index (χ0) is 51.4. The highest BCUT2D eigenvalue weighted by Gasteiger charge is 2.19. The van der Waals surface area contributed by atoms with Crippen molar-refractivity contribution in [2.24, 2.45) is 0 Å². The number of carbonyl (C=O) groups is 3. The van der Waals surface area contributed by atoms with Gasteiger partial charge in [0, 0.05) is 19.3 Å². The molecule has 0 aromatic carbocycles. The van der Waals surface area contributed by atoms with E-state index in [1.165, 1.54) is 180 Å². The van der Waals surface area contributed by atoms with Crippen molar-refractivity contribution in [3.8, 4) is 0 Å². The van der Waals surface area contributed by atoms with Crippen LogP contribution in [0.15, 0.2) is 60.8 Å². The second-order valence-electron chi connectivity index (χ2n) is 20.6. The fourth-order valence-corrected chi connectivity index (χ4v) is 8.90. The summed E-state index contributed by atoms with van der Waals surface area (Å²) in [6.45, 7) is 6.54. The molecule has 0 fully saturated rings. The highest BCUT2D eigenvalue weighted by molar-refractivity contribution is 5.71. The lowest BCUT2D eigenvalue weighted by Gasteiger charge is -2.18. The Kier molecular flexibility index (Phi) is 57.2. The number of esters is 3. The van der Waals surface area contributed by atoms with Gasteiger partial charge in [-0.05, 0) is 83.5 Å². The zero-order valence-electron chi connectivity index (χ0n) is 47.2. The summed E-state index contributed by atoms with van der Waals surface area (Å²) >= 11 is 0. The van der Waals surface area contributed by atoms with E-state index in [1.807, 2.05) is 0 Å². The van der Waals surface area contributed by atoms with Crippen LogP contribution >= 0.6 is 0 Å². The Hall–Kier alpha value is -2.89. The normalized spacial score (nSPS) is 12.4. The first-order valence-electron chi connectivity index (χ1n) is 30.8. The predicted octanol–water partition coefficient (Wildman–Crippen LogP) is 20.8. The van der Waals surface area contributed by atoms with Crippen molar-refractivity contribution < 1.29 is 28.6 Å². The van der Waals surface area contributed by atoms with Crippen LogP contribution in [0.1, 0.15) is 316 Å². The van der Waals surface area contributed by atoms with Gasteiger partial charge in [0.2, 0.25) is 0 Å². The van der Waals surface area contributed by atoms with Crippen LogP contribution in [0.2, 0.25) is 0 Å². The monoisotopic (exact) mass is 993 g/mol. The van der Waals surface area contributed by atoms with Gasteiger partial charge in [0.1, 0.15) is 13.2 Å². The highest BCUT2D eigenvalue weighted by atomic mass is 16.6. The van der Waals surface area contributed by atoms with Crippen molar-refractivity contribution in [3.05, 3.63) is 60.8 Å². The molecule has 0 aliphatic heterocycles. The second kappa shape index (κ2) is 59.7. The van der Waals surface area contributed by atoms with Crippen molar-refractivity contribution in [1.29, 1.82) is 0 Å². The van der Waals surface area contributed by atoms with Crippen LogP contribution < -0.4 is 0 Å². The van der Waals surface area contributed by atoms with Gasteiger partial charge in [-0.25, -0.2) is 0 Å². The van der Waals surface area contributed by atoms with E-state index in [0.717, 1.165) is 96.3 Å². The molecule has 0 radical (unpaired) electrons. The fraction of sp³-hybridized carbons (Fsp3) is 0.800. The van der Waals surface area contributed by atoms with Gasteiger partial charge < -0.3 is 14.2 Å². The molecule has 71 heavy (non-hydrogen) atoms. The Balaban J connectivity index is 4.38. The number of unbranched alkanes of at least 4 members (excludes halogenated alkanes) is 35. The van der Waals surface area contributed by atoms with Crippen molar-refractivity contribution in [2.45, 2.75) is 322 Å². The molecule has 0 N–H and O–H groups in total. The Morgan fingerprint density at radius 1 is 0.296 bits per heavy atom. The topological polar surface area (TPSA) is 78.9 Å². The summed E-state index contributed by atoms with van der Waals surface area (Å²) in [5.74, 6) is -0.894.